The number of rotatable bonds is 3. The number of carbonyl (C=O) groups excluding carboxylic acids is 2. The van der Waals surface area contributed by atoms with Crippen LogP contribution in [0.1, 0.15) is 45.4 Å². The number of nitrogens with zero attached hydrogens (tertiary/aromatic N) is 5. The van der Waals surface area contributed by atoms with Gasteiger partial charge in [-0.2, -0.15) is 5.10 Å². The van der Waals surface area contributed by atoms with Crippen molar-refractivity contribution in [2.24, 2.45) is 20.0 Å². The molecule has 0 radical (unpaired) electrons. The van der Waals surface area contributed by atoms with Crippen LogP contribution in [0.25, 0.3) is 11.0 Å². The van der Waals surface area contributed by atoms with Gasteiger partial charge in [-0.3, -0.25) is 14.3 Å². The number of carbonyl (C=O) groups is 2. The van der Waals surface area contributed by atoms with E-state index in [1.54, 1.807) is 24.1 Å². The first kappa shape index (κ1) is 20.1. The quantitative estimate of drug-likeness (QED) is 0.720. The third-order valence-corrected chi connectivity index (χ3v) is 6.01. The largest absolute Gasteiger partial charge is 0.348 e. The number of hydrogen-bond acceptors (Lipinski definition) is 4. The molecule has 30 heavy (non-hydrogen) atoms. The van der Waals surface area contributed by atoms with Gasteiger partial charge in [0.2, 0.25) is 0 Å². The minimum atomic E-state index is -0.119. The molecular formula is C22H28N6O2. The summed E-state index contributed by atoms with van der Waals surface area (Å²) < 4.78 is 3.54. The van der Waals surface area contributed by atoms with Gasteiger partial charge in [0.25, 0.3) is 11.8 Å². The lowest BCUT2D eigenvalue weighted by atomic mass is 9.93. The predicted molar refractivity (Wildman–Crippen MR) is 114 cm³/mol. The molecule has 1 aliphatic rings. The van der Waals surface area contributed by atoms with Gasteiger partial charge in [-0.05, 0) is 49.9 Å². The average Bonchev–Trinajstić information content (AvgIpc) is 3.24. The van der Waals surface area contributed by atoms with Crippen LogP contribution >= 0.6 is 0 Å². The highest BCUT2D eigenvalue weighted by atomic mass is 16.2. The minimum Gasteiger partial charge on any atom is -0.348 e. The van der Waals surface area contributed by atoms with Crippen molar-refractivity contribution in [2.75, 3.05) is 13.1 Å². The van der Waals surface area contributed by atoms with E-state index in [0.29, 0.717) is 24.3 Å². The van der Waals surface area contributed by atoms with E-state index in [1.165, 1.54) is 0 Å². The van der Waals surface area contributed by atoms with Gasteiger partial charge in [0.15, 0.2) is 0 Å². The smallest absolute Gasteiger partial charge is 0.269 e. The first-order valence-corrected chi connectivity index (χ1v) is 10.3. The highest BCUT2D eigenvalue weighted by molar-refractivity contribution is 5.98. The van der Waals surface area contributed by atoms with E-state index in [1.807, 2.05) is 42.5 Å². The van der Waals surface area contributed by atoms with E-state index >= 15 is 0 Å². The van der Waals surface area contributed by atoms with Gasteiger partial charge in [-0.1, -0.05) is 6.92 Å². The number of benzene rings is 1. The van der Waals surface area contributed by atoms with Crippen LogP contribution < -0.4 is 5.32 Å². The van der Waals surface area contributed by atoms with Crippen LogP contribution in [0.4, 0.5) is 0 Å². The van der Waals surface area contributed by atoms with Crippen LogP contribution in [0, 0.1) is 19.8 Å². The lowest BCUT2D eigenvalue weighted by molar-refractivity contribution is 0.0632. The Kier molecular flexibility index (Phi) is 5.09. The molecule has 0 unspecified atom stereocenters. The zero-order chi connectivity index (χ0) is 21.6. The summed E-state index contributed by atoms with van der Waals surface area (Å²) in [7, 11) is 3.71. The number of piperidine rings is 1. The first-order valence-electron chi connectivity index (χ1n) is 10.3. The van der Waals surface area contributed by atoms with E-state index in [-0.39, 0.29) is 23.8 Å². The fourth-order valence-electron chi connectivity index (χ4n) is 4.32. The molecule has 0 saturated carbocycles. The summed E-state index contributed by atoms with van der Waals surface area (Å²) in [5.74, 6) is 0.0644. The summed E-state index contributed by atoms with van der Waals surface area (Å²) >= 11 is 0. The van der Waals surface area contributed by atoms with Crippen LogP contribution in [-0.4, -0.2) is 55.2 Å². The standard InChI is InChI=1S/C22H28N6O2/c1-13-8-16(10-18-20(13)23-12-26(18)4)22(30)28-7-6-17(14(2)11-28)24-21(29)19-9-15(3)25-27(19)5/h8-10,12,14,17H,6-7,11H2,1-5H3,(H,24,29)/t14-,17+/m0/s1. The van der Waals surface area contributed by atoms with Crippen molar-refractivity contribution in [3.63, 3.8) is 0 Å². The maximum absolute atomic E-state index is 13.2. The topological polar surface area (TPSA) is 85.0 Å². The van der Waals surface area contributed by atoms with Crippen molar-refractivity contribution < 1.29 is 9.59 Å². The molecule has 2 amide bonds. The molecule has 0 aliphatic carbocycles. The maximum Gasteiger partial charge on any atom is 0.269 e. The van der Waals surface area contributed by atoms with Crippen molar-refractivity contribution in [3.05, 3.63) is 47.0 Å². The van der Waals surface area contributed by atoms with Crippen LogP contribution in [0.2, 0.25) is 0 Å². The molecule has 1 saturated heterocycles. The molecule has 1 fully saturated rings. The number of amides is 2. The summed E-state index contributed by atoms with van der Waals surface area (Å²) in [6.45, 7) is 7.15. The van der Waals surface area contributed by atoms with E-state index < -0.39 is 0 Å². The second kappa shape index (κ2) is 7.59. The van der Waals surface area contributed by atoms with Crippen molar-refractivity contribution in [1.82, 2.24) is 29.5 Å². The molecule has 3 heterocycles. The normalized spacial score (nSPS) is 19.3. The van der Waals surface area contributed by atoms with Crippen molar-refractivity contribution in [2.45, 2.75) is 33.2 Å². The summed E-state index contributed by atoms with van der Waals surface area (Å²) in [6.07, 6.45) is 2.49. The molecule has 2 atom stereocenters. The van der Waals surface area contributed by atoms with Crippen LogP contribution in [0.5, 0.6) is 0 Å². The average molecular weight is 409 g/mol. The zero-order valence-corrected chi connectivity index (χ0v) is 18.1. The monoisotopic (exact) mass is 408 g/mol. The third-order valence-electron chi connectivity index (χ3n) is 6.01. The molecule has 8 nitrogen and oxygen atoms in total. The van der Waals surface area contributed by atoms with E-state index in [0.717, 1.165) is 28.7 Å². The lowest BCUT2D eigenvalue weighted by Crippen LogP contribution is -2.51. The van der Waals surface area contributed by atoms with Crippen molar-refractivity contribution in [3.8, 4) is 0 Å². The number of imidazole rings is 1. The van der Waals surface area contributed by atoms with Crippen molar-refractivity contribution >= 4 is 22.8 Å². The predicted octanol–water partition coefficient (Wildman–Crippen LogP) is 2.20. The van der Waals surface area contributed by atoms with Crippen LogP contribution in [0.3, 0.4) is 0 Å². The Hall–Kier alpha value is -3.16. The Balaban J connectivity index is 1.45. The highest BCUT2D eigenvalue weighted by Crippen LogP contribution is 2.23. The number of hydrogen-bond donors (Lipinski definition) is 1. The number of fused-ring (bicyclic) bond motifs is 1. The SMILES string of the molecule is Cc1cc(C(=O)N[C@@H]2CCN(C(=O)c3cc(C)c4ncn(C)c4c3)C[C@@H]2C)n(C)n1. The highest BCUT2D eigenvalue weighted by Gasteiger charge is 2.31. The second-order valence-electron chi connectivity index (χ2n) is 8.41. The van der Waals surface area contributed by atoms with Gasteiger partial charge in [0.05, 0.1) is 23.1 Å². The second-order valence-corrected chi connectivity index (χ2v) is 8.41. The third kappa shape index (κ3) is 3.58. The number of aryl methyl sites for hydroxylation is 4. The molecule has 1 aliphatic heterocycles. The van der Waals surface area contributed by atoms with E-state index in [9.17, 15) is 9.59 Å². The van der Waals surface area contributed by atoms with Gasteiger partial charge in [0, 0.05) is 38.8 Å². The molecule has 2 aromatic heterocycles. The summed E-state index contributed by atoms with van der Waals surface area (Å²) in [5, 5.41) is 7.37. The summed E-state index contributed by atoms with van der Waals surface area (Å²) in [6, 6.07) is 5.65. The van der Waals surface area contributed by atoms with Gasteiger partial charge in [0.1, 0.15) is 5.69 Å². The summed E-state index contributed by atoms with van der Waals surface area (Å²) in [5.41, 5.74) is 4.94. The first-order chi connectivity index (χ1) is 14.2. The van der Waals surface area contributed by atoms with Gasteiger partial charge < -0.3 is 14.8 Å². The van der Waals surface area contributed by atoms with Crippen LogP contribution in [-0.2, 0) is 14.1 Å². The van der Waals surface area contributed by atoms with Gasteiger partial charge >= 0.3 is 0 Å². The zero-order valence-electron chi connectivity index (χ0n) is 18.1. The molecule has 3 aromatic rings. The number of likely N-dealkylation sites (tertiary alicyclic amines) is 1. The Morgan fingerprint density at radius 2 is 1.93 bits per heavy atom. The molecule has 1 N–H and O–H groups in total. The van der Waals surface area contributed by atoms with E-state index in [2.05, 4.69) is 22.3 Å². The molecule has 0 bridgehead atoms. The number of aromatic nitrogens is 4. The van der Waals surface area contributed by atoms with Gasteiger partial charge in [-0.15, -0.1) is 0 Å². The Morgan fingerprint density at radius 3 is 2.60 bits per heavy atom. The van der Waals surface area contributed by atoms with Gasteiger partial charge in [-0.25, -0.2) is 4.98 Å². The van der Waals surface area contributed by atoms with Crippen LogP contribution in [0.15, 0.2) is 24.5 Å². The van der Waals surface area contributed by atoms with Crippen molar-refractivity contribution in [1.29, 1.82) is 0 Å². The molecule has 4 rings (SSSR count). The number of nitrogens with one attached hydrogen (secondary N) is 1. The van der Waals surface area contributed by atoms with E-state index in [4.69, 9.17) is 0 Å². The lowest BCUT2D eigenvalue weighted by Gasteiger charge is -2.37. The molecule has 0 spiro atoms. The maximum atomic E-state index is 13.2. The summed E-state index contributed by atoms with van der Waals surface area (Å²) in [4.78, 5) is 32.1. The fraction of sp³-hybridized carbons (Fsp3) is 0.455. The molecule has 8 heteroatoms. The molecule has 158 valence electrons. The fourth-order valence-corrected chi connectivity index (χ4v) is 4.32. The Bertz CT molecular complexity index is 1130. The minimum absolute atomic E-state index is 0.0260. The Labute approximate surface area is 175 Å². The molecule has 1 aromatic carbocycles. The Morgan fingerprint density at radius 1 is 1.17 bits per heavy atom. The molecular weight excluding hydrogens is 380 g/mol.